The van der Waals surface area contributed by atoms with Gasteiger partial charge in [0.1, 0.15) is 18.3 Å². The lowest BCUT2D eigenvalue weighted by atomic mass is 9.54. The molecule has 212 valence electrons. The molecular weight excluding hydrogens is 512 g/mol. The van der Waals surface area contributed by atoms with Crippen molar-refractivity contribution in [3.05, 3.63) is 47.1 Å². The zero-order valence-electron chi connectivity index (χ0n) is 23.6. The molecule has 40 heavy (non-hydrogen) atoms. The highest BCUT2D eigenvalue weighted by Crippen LogP contribution is 2.80. The highest BCUT2D eigenvalue weighted by molar-refractivity contribution is 6.09. The summed E-state index contributed by atoms with van der Waals surface area (Å²) in [6, 6.07) is 0. The maximum Gasteiger partial charge on any atom is 0.334 e. The quantitative estimate of drug-likeness (QED) is 0.229. The van der Waals surface area contributed by atoms with E-state index in [1.807, 2.05) is 39.8 Å². The second-order valence-corrected chi connectivity index (χ2v) is 13.8. The predicted molar refractivity (Wildman–Crippen MR) is 141 cm³/mol. The van der Waals surface area contributed by atoms with Crippen molar-refractivity contribution in [2.24, 2.45) is 39.9 Å². The minimum absolute atomic E-state index is 0.0934. The van der Waals surface area contributed by atoms with Crippen LogP contribution in [0.1, 0.15) is 60.3 Å². The van der Waals surface area contributed by atoms with Crippen LogP contribution in [-0.4, -0.2) is 52.7 Å². The Morgan fingerprint density at radius 2 is 1.85 bits per heavy atom. The Bertz CT molecular complexity index is 1410. The first kappa shape index (κ1) is 25.9. The van der Waals surface area contributed by atoms with E-state index in [2.05, 4.69) is 6.58 Å². The van der Waals surface area contributed by atoms with E-state index >= 15 is 0 Å². The Hall–Kier alpha value is -3.00. The molecule has 0 unspecified atom stereocenters. The maximum absolute atomic E-state index is 14.5. The second kappa shape index (κ2) is 7.64. The molecule has 0 aromatic carbocycles. The summed E-state index contributed by atoms with van der Waals surface area (Å²) in [7, 11) is 0. The Kier molecular flexibility index (Phi) is 4.95. The summed E-state index contributed by atoms with van der Waals surface area (Å²) in [6.07, 6.45) is 5.27. The SMILES string of the molecule is C=C1C(=O)O[C@H]2[C@H]1CC[C@@](C)(O)[C@@]13C=C[C@@](C)([C@H]21)[C@]1(C3)C(=O)O[C@@H]2[C@H]3C(C)=CC(=O)C3=C(C)C[C@H](OC(C)=O)[C@H]21. The molecule has 0 aromatic rings. The van der Waals surface area contributed by atoms with Gasteiger partial charge in [-0.2, -0.15) is 0 Å². The van der Waals surface area contributed by atoms with Gasteiger partial charge in [0, 0.05) is 53.1 Å². The van der Waals surface area contributed by atoms with Gasteiger partial charge in [0.05, 0.1) is 16.9 Å². The van der Waals surface area contributed by atoms with Crippen molar-refractivity contribution >= 4 is 23.7 Å². The lowest BCUT2D eigenvalue weighted by Gasteiger charge is -2.46. The summed E-state index contributed by atoms with van der Waals surface area (Å²) < 4.78 is 18.4. The molecule has 2 heterocycles. The standard InChI is InChI=1S/C32H36O8/c1-14-11-19(34)21-15(2)12-20(38-17(4)33)23-25(22(14)21)40-28(36)32(23)13-31-10-9-29(32,5)26(31)24-18(7-8-30(31,6)37)16(3)27(35)39-24/h9-11,18,20,22-26,37H,3,7-8,12-13H2,1-2,4-6H3/t18-,20-,22-,23+,24-,25+,26-,29-,30+,31+,32-/m0/s1. The third kappa shape index (κ3) is 2.72. The number of aliphatic hydroxyl groups is 1. The first-order valence-electron chi connectivity index (χ1n) is 14.3. The van der Waals surface area contributed by atoms with E-state index in [0.29, 0.717) is 30.4 Å². The number of ketones is 1. The van der Waals surface area contributed by atoms with Crippen LogP contribution >= 0.6 is 0 Å². The minimum atomic E-state index is -1.20. The number of ether oxygens (including phenoxy) is 3. The van der Waals surface area contributed by atoms with Crippen molar-refractivity contribution in [1.82, 2.24) is 0 Å². The van der Waals surface area contributed by atoms with Crippen LogP contribution in [-0.2, 0) is 33.4 Å². The van der Waals surface area contributed by atoms with Crippen molar-refractivity contribution in [2.75, 3.05) is 0 Å². The van der Waals surface area contributed by atoms with Crippen molar-refractivity contribution in [1.29, 1.82) is 0 Å². The van der Waals surface area contributed by atoms with Crippen LogP contribution in [0.2, 0.25) is 0 Å². The van der Waals surface area contributed by atoms with Crippen molar-refractivity contribution in [3.8, 4) is 0 Å². The molecule has 5 aliphatic carbocycles. The summed E-state index contributed by atoms with van der Waals surface area (Å²) in [5, 5.41) is 12.2. The smallest absolute Gasteiger partial charge is 0.334 e. The second-order valence-electron chi connectivity index (χ2n) is 13.8. The highest BCUT2D eigenvalue weighted by Gasteiger charge is 2.84. The zero-order valence-corrected chi connectivity index (χ0v) is 23.6. The van der Waals surface area contributed by atoms with Gasteiger partial charge in [-0.05, 0) is 46.1 Å². The number of allylic oxidation sites excluding steroid dienone is 2. The van der Waals surface area contributed by atoms with Crippen molar-refractivity contribution in [3.63, 3.8) is 0 Å². The molecule has 4 fully saturated rings. The van der Waals surface area contributed by atoms with E-state index in [-0.39, 0.29) is 18.1 Å². The lowest BCUT2D eigenvalue weighted by Crippen LogP contribution is -2.53. The molecular formula is C32H36O8. The largest absolute Gasteiger partial charge is 0.462 e. The Morgan fingerprint density at radius 1 is 1.12 bits per heavy atom. The number of carbonyl (C=O) groups excluding carboxylic acids is 4. The van der Waals surface area contributed by atoms with Gasteiger partial charge in [-0.1, -0.05) is 36.8 Å². The van der Waals surface area contributed by atoms with E-state index in [0.717, 1.165) is 11.1 Å². The van der Waals surface area contributed by atoms with E-state index in [4.69, 9.17) is 14.2 Å². The number of esters is 3. The topological polar surface area (TPSA) is 116 Å². The maximum atomic E-state index is 14.5. The number of fused-ring (bicyclic) bond motifs is 6. The summed E-state index contributed by atoms with van der Waals surface area (Å²) >= 11 is 0. The molecule has 7 aliphatic rings. The van der Waals surface area contributed by atoms with Crippen LogP contribution < -0.4 is 0 Å². The average Bonchev–Trinajstić information content (AvgIpc) is 3.53. The fourth-order valence-electron chi connectivity index (χ4n) is 10.4. The summed E-state index contributed by atoms with van der Waals surface area (Å²) in [5.74, 6) is -3.06. The monoisotopic (exact) mass is 548 g/mol. The van der Waals surface area contributed by atoms with Crippen molar-refractivity contribution in [2.45, 2.75) is 84.2 Å². The van der Waals surface area contributed by atoms with Crippen LogP contribution in [0.4, 0.5) is 0 Å². The molecule has 0 radical (unpaired) electrons. The van der Waals surface area contributed by atoms with Gasteiger partial charge in [-0.3, -0.25) is 14.4 Å². The molecule has 0 aromatic heterocycles. The van der Waals surface area contributed by atoms with E-state index in [1.165, 1.54) is 6.92 Å². The van der Waals surface area contributed by atoms with Crippen molar-refractivity contribution < 1.29 is 38.5 Å². The Labute approximate surface area is 233 Å². The van der Waals surface area contributed by atoms with Gasteiger partial charge >= 0.3 is 17.9 Å². The third-order valence-electron chi connectivity index (χ3n) is 12.1. The molecule has 2 saturated carbocycles. The minimum Gasteiger partial charge on any atom is -0.462 e. The molecule has 2 saturated heterocycles. The molecule has 1 spiro atoms. The summed E-state index contributed by atoms with van der Waals surface area (Å²) in [4.78, 5) is 52.9. The number of hydrogen-bond acceptors (Lipinski definition) is 8. The molecule has 1 N–H and O–H groups in total. The normalized spacial score (nSPS) is 50.1. The lowest BCUT2D eigenvalue weighted by molar-refractivity contribution is -0.160. The van der Waals surface area contributed by atoms with Crippen LogP contribution in [0.15, 0.2) is 47.1 Å². The molecule has 8 nitrogen and oxygen atoms in total. The number of rotatable bonds is 1. The molecule has 8 heteroatoms. The van der Waals surface area contributed by atoms with Crippen LogP contribution in [0.25, 0.3) is 0 Å². The number of hydrogen-bond donors (Lipinski definition) is 1. The van der Waals surface area contributed by atoms with Crippen LogP contribution in [0.5, 0.6) is 0 Å². The first-order chi connectivity index (χ1) is 18.7. The van der Waals surface area contributed by atoms with Gasteiger partial charge < -0.3 is 19.3 Å². The predicted octanol–water partition coefficient (Wildman–Crippen LogP) is 3.54. The van der Waals surface area contributed by atoms with Gasteiger partial charge in [0.15, 0.2) is 5.78 Å². The summed E-state index contributed by atoms with van der Waals surface area (Å²) in [5.41, 5.74) is -1.46. The fraction of sp³-hybridized carbons (Fsp3) is 0.625. The van der Waals surface area contributed by atoms with Crippen LogP contribution in [0.3, 0.4) is 0 Å². The molecule has 2 bridgehead atoms. The van der Waals surface area contributed by atoms with E-state index < -0.39 is 75.8 Å². The van der Waals surface area contributed by atoms with Gasteiger partial charge in [0.2, 0.25) is 0 Å². The zero-order chi connectivity index (χ0) is 28.7. The third-order valence-corrected chi connectivity index (χ3v) is 12.1. The molecule has 7 rings (SSSR count). The van der Waals surface area contributed by atoms with Crippen LogP contribution in [0, 0.1) is 39.9 Å². The number of carbonyl (C=O) groups is 4. The first-order valence-corrected chi connectivity index (χ1v) is 14.3. The average molecular weight is 549 g/mol. The molecule has 0 amide bonds. The summed E-state index contributed by atoms with van der Waals surface area (Å²) in [6.45, 7) is 13.0. The van der Waals surface area contributed by atoms with Gasteiger partial charge in [-0.15, -0.1) is 0 Å². The van der Waals surface area contributed by atoms with E-state index in [1.54, 1.807) is 6.08 Å². The highest BCUT2D eigenvalue weighted by atomic mass is 16.6. The molecule has 2 aliphatic heterocycles. The van der Waals surface area contributed by atoms with Gasteiger partial charge in [0.25, 0.3) is 0 Å². The van der Waals surface area contributed by atoms with E-state index in [9.17, 15) is 24.3 Å². The Balaban J connectivity index is 1.45. The molecule has 11 atom stereocenters. The Morgan fingerprint density at radius 3 is 2.55 bits per heavy atom. The van der Waals surface area contributed by atoms with Gasteiger partial charge in [-0.25, -0.2) is 4.79 Å². The fourth-order valence-corrected chi connectivity index (χ4v) is 10.4.